The fourth-order valence-corrected chi connectivity index (χ4v) is 0.770. The molecule has 0 fully saturated rings. The van der Waals surface area contributed by atoms with Crippen molar-refractivity contribution in [2.24, 2.45) is 0 Å². The molecular formula is C11H15NaO6. The molecule has 0 aromatic heterocycles. The van der Waals surface area contributed by atoms with Crippen LogP contribution in [0.3, 0.4) is 0 Å². The molecule has 96 valence electrons. The zero-order chi connectivity index (χ0) is 12.4. The summed E-state index contributed by atoms with van der Waals surface area (Å²) >= 11 is 0. The molecular weight excluding hydrogens is 251 g/mol. The van der Waals surface area contributed by atoms with Crippen LogP contribution in [0.25, 0.3) is 0 Å². The number of carbonyl (C=O) groups is 2. The number of ether oxygens (including phenoxy) is 1. The standard InChI is InChI=1S/C7H6O3.C4H8O2.Na.H2O/c8-6-3-1-5(2-4-6)7(9)10;1-2-3-6-4-5;;/h1-4,8H,(H,9,10);4H,2-3H2,1H3;;1H2/q;;+1;/p-1. The maximum Gasteiger partial charge on any atom is 1.00 e. The van der Waals surface area contributed by atoms with Crippen LogP contribution in [0.1, 0.15) is 23.7 Å². The maximum atomic E-state index is 10.2. The number of carbonyl (C=O) groups excluding carboxylic acids is 1. The van der Waals surface area contributed by atoms with Crippen LogP contribution in [0.15, 0.2) is 24.3 Å². The Morgan fingerprint density at radius 2 is 1.83 bits per heavy atom. The van der Waals surface area contributed by atoms with Gasteiger partial charge in [-0.15, -0.1) is 0 Å². The molecule has 0 saturated carbocycles. The predicted molar refractivity (Wildman–Crippen MR) is 59.3 cm³/mol. The van der Waals surface area contributed by atoms with Crippen molar-refractivity contribution in [1.82, 2.24) is 0 Å². The zero-order valence-electron chi connectivity index (χ0n) is 10.4. The number of phenolic OH excluding ortho intramolecular Hbond substituents is 1. The van der Waals surface area contributed by atoms with Gasteiger partial charge in [0.2, 0.25) is 0 Å². The summed E-state index contributed by atoms with van der Waals surface area (Å²) in [6, 6.07) is 5.36. The summed E-state index contributed by atoms with van der Waals surface area (Å²) in [6.07, 6.45) is 0.902. The summed E-state index contributed by atoms with van der Waals surface area (Å²) in [4.78, 5) is 19.6. The third-order valence-electron chi connectivity index (χ3n) is 1.50. The molecule has 0 radical (unpaired) electrons. The molecule has 3 N–H and O–H groups in total. The third kappa shape index (κ3) is 11.4. The van der Waals surface area contributed by atoms with Crippen molar-refractivity contribution in [3.63, 3.8) is 0 Å². The molecule has 0 heterocycles. The smallest absolute Gasteiger partial charge is 0.870 e. The van der Waals surface area contributed by atoms with E-state index in [0.29, 0.717) is 13.1 Å². The molecule has 18 heavy (non-hydrogen) atoms. The minimum absolute atomic E-state index is 0. The molecule has 0 unspecified atom stereocenters. The van der Waals surface area contributed by atoms with Crippen molar-refractivity contribution in [1.29, 1.82) is 0 Å². The summed E-state index contributed by atoms with van der Waals surface area (Å²) < 4.78 is 4.30. The topological polar surface area (TPSA) is 114 Å². The van der Waals surface area contributed by atoms with Gasteiger partial charge in [-0.3, -0.25) is 4.79 Å². The molecule has 6 nitrogen and oxygen atoms in total. The SMILES string of the molecule is CCCOC=O.O=C(O)c1ccc(O)cc1.[Na+].[OH-]. The van der Waals surface area contributed by atoms with E-state index in [4.69, 9.17) is 10.2 Å². The second-order valence-corrected chi connectivity index (χ2v) is 2.82. The Balaban J connectivity index is -0.000000250. The van der Waals surface area contributed by atoms with Gasteiger partial charge in [0.25, 0.3) is 6.47 Å². The van der Waals surface area contributed by atoms with Gasteiger partial charge in [-0.25, -0.2) is 4.79 Å². The second-order valence-electron chi connectivity index (χ2n) is 2.82. The van der Waals surface area contributed by atoms with Crippen molar-refractivity contribution in [3.8, 4) is 5.75 Å². The van der Waals surface area contributed by atoms with Crippen LogP contribution >= 0.6 is 0 Å². The molecule has 0 spiro atoms. The predicted octanol–water partition coefficient (Wildman–Crippen LogP) is -1.51. The van der Waals surface area contributed by atoms with Gasteiger partial charge < -0.3 is 20.4 Å². The van der Waals surface area contributed by atoms with Crippen molar-refractivity contribution >= 4 is 12.4 Å². The first-order chi connectivity index (χ1) is 7.61. The van der Waals surface area contributed by atoms with Crippen LogP contribution in [0.2, 0.25) is 0 Å². The Hall–Kier alpha value is -1.08. The minimum Gasteiger partial charge on any atom is -0.870 e. The number of aromatic carboxylic acids is 1. The van der Waals surface area contributed by atoms with E-state index < -0.39 is 5.97 Å². The van der Waals surface area contributed by atoms with E-state index in [1.807, 2.05) is 6.92 Å². The summed E-state index contributed by atoms with van der Waals surface area (Å²) in [5.74, 6) is -0.912. The number of carboxylic acids is 1. The molecule has 1 aromatic carbocycles. The summed E-state index contributed by atoms with van der Waals surface area (Å²) in [7, 11) is 0. The van der Waals surface area contributed by atoms with Gasteiger partial charge >= 0.3 is 35.5 Å². The Morgan fingerprint density at radius 1 is 1.33 bits per heavy atom. The van der Waals surface area contributed by atoms with E-state index in [-0.39, 0.29) is 46.3 Å². The van der Waals surface area contributed by atoms with Crippen LogP contribution in [-0.4, -0.2) is 34.7 Å². The molecule has 0 aliphatic carbocycles. The second kappa shape index (κ2) is 14.0. The quantitative estimate of drug-likeness (QED) is 0.389. The van der Waals surface area contributed by atoms with E-state index in [1.165, 1.54) is 24.3 Å². The summed E-state index contributed by atoms with van der Waals surface area (Å²) in [6.45, 7) is 2.95. The summed E-state index contributed by atoms with van der Waals surface area (Å²) in [5, 5.41) is 17.1. The molecule has 1 aromatic rings. The zero-order valence-corrected chi connectivity index (χ0v) is 12.4. The average molecular weight is 266 g/mol. The van der Waals surface area contributed by atoms with Gasteiger partial charge in [-0.1, -0.05) is 6.92 Å². The molecule has 0 aliphatic rings. The number of hydrogen-bond acceptors (Lipinski definition) is 5. The minimum atomic E-state index is -0.986. The van der Waals surface area contributed by atoms with Crippen LogP contribution in [-0.2, 0) is 9.53 Å². The normalized spacial score (nSPS) is 7.61. The van der Waals surface area contributed by atoms with E-state index in [0.717, 1.165) is 6.42 Å². The Labute approximate surface area is 127 Å². The van der Waals surface area contributed by atoms with Gasteiger partial charge in [0.1, 0.15) is 5.75 Å². The third-order valence-corrected chi connectivity index (χ3v) is 1.50. The molecule has 0 atom stereocenters. The fraction of sp³-hybridized carbons (Fsp3) is 0.273. The van der Waals surface area contributed by atoms with Crippen molar-refractivity contribution in [2.45, 2.75) is 13.3 Å². The monoisotopic (exact) mass is 266 g/mol. The molecule has 1 rings (SSSR count). The molecule has 0 saturated heterocycles. The fourth-order valence-electron chi connectivity index (χ4n) is 0.770. The van der Waals surface area contributed by atoms with Crippen molar-refractivity contribution in [3.05, 3.63) is 29.8 Å². The van der Waals surface area contributed by atoms with E-state index >= 15 is 0 Å². The van der Waals surface area contributed by atoms with Gasteiger partial charge in [0.15, 0.2) is 0 Å². The van der Waals surface area contributed by atoms with Gasteiger partial charge in [-0.2, -0.15) is 0 Å². The van der Waals surface area contributed by atoms with Gasteiger partial charge in [-0.05, 0) is 30.7 Å². The first-order valence-corrected chi connectivity index (χ1v) is 4.69. The van der Waals surface area contributed by atoms with Crippen LogP contribution in [0.4, 0.5) is 0 Å². The average Bonchev–Trinajstić information content (AvgIpc) is 2.28. The number of aromatic hydroxyl groups is 1. The summed E-state index contributed by atoms with van der Waals surface area (Å²) in [5.41, 5.74) is 0.179. The number of phenols is 1. The molecule has 7 heteroatoms. The van der Waals surface area contributed by atoms with Crippen LogP contribution < -0.4 is 29.6 Å². The molecule has 0 bridgehead atoms. The van der Waals surface area contributed by atoms with E-state index in [2.05, 4.69) is 4.74 Å². The van der Waals surface area contributed by atoms with Crippen molar-refractivity contribution in [2.75, 3.05) is 6.61 Å². The van der Waals surface area contributed by atoms with Crippen LogP contribution in [0, 0.1) is 0 Å². The number of rotatable bonds is 4. The maximum absolute atomic E-state index is 10.2. The van der Waals surface area contributed by atoms with Gasteiger partial charge in [0, 0.05) is 0 Å². The van der Waals surface area contributed by atoms with Crippen LogP contribution in [0.5, 0.6) is 5.75 Å². The molecule has 0 aliphatic heterocycles. The van der Waals surface area contributed by atoms with Crippen molar-refractivity contribution < 1.29 is 59.6 Å². The van der Waals surface area contributed by atoms with E-state index in [9.17, 15) is 9.59 Å². The Bertz CT molecular complexity index is 325. The molecule has 0 amide bonds. The number of benzene rings is 1. The number of hydrogen-bond donors (Lipinski definition) is 2. The Morgan fingerprint density at radius 3 is 2.11 bits per heavy atom. The first-order valence-electron chi connectivity index (χ1n) is 4.69. The Kier molecular flexibility index (Phi) is 17.2. The van der Waals surface area contributed by atoms with E-state index in [1.54, 1.807) is 0 Å². The van der Waals surface area contributed by atoms with Gasteiger partial charge in [0.05, 0.1) is 12.2 Å². The largest absolute Gasteiger partial charge is 1.00 e. The number of carboxylic acid groups (broad SMARTS) is 1. The first kappa shape index (κ1) is 22.1.